The second kappa shape index (κ2) is 16.2. The van der Waals surface area contributed by atoms with Gasteiger partial charge < -0.3 is 0 Å². The van der Waals surface area contributed by atoms with Crippen LogP contribution in [-0.2, 0) is 0 Å². The summed E-state index contributed by atoms with van der Waals surface area (Å²) in [7, 11) is 0. The van der Waals surface area contributed by atoms with Gasteiger partial charge in [-0.3, -0.25) is 0 Å². The van der Waals surface area contributed by atoms with Crippen LogP contribution in [0.25, 0.3) is 0 Å². The Hall–Kier alpha value is 1.37. The molecular weight excluding hydrogens is 227 g/mol. The average Bonchev–Trinajstić information content (AvgIpc) is 1.39. The molecule has 0 aromatic carbocycles. The molecule has 0 heterocycles. The van der Waals surface area contributed by atoms with E-state index in [2.05, 4.69) is 31.5 Å². The van der Waals surface area contributed by atoms with Crippen molar-refractivity contribution in [2.75, 3.05) is 12.5 Å². The highest BCUT2D eigenvalue weighted by molar-refractivity contribution is 9.47. The molecule has 6 heavy (non-hydrogen) atoms. The molecule has 0 fully saturated rings. The van der Waals surface area contributed by atoms with E-state index >= 15 is 0 Å². The minimum atomic E-state index is 1.62. The molecule has 0 aromatic heterocycles. The Morgan fingerprint density at radius 2 is 1.33 bits per heavy atom. The van der Waals surface area contributed by atoms with Crippen molar-refractivity contribution in [2.45, 2.75) is 0 Å². The summed E-state index contributed by atoms with van der Waals surface area (Å²) in [5, 5.41) is 0. The van der Waals surface area contributed by atoms with Crippen LogP contribution in [0.1, 0.15) is 0 Å². The van der Waals surface area contributed by atoms with Crippen LogP contribution in [0.3, 0.4) is 0 Å². The first-order valence-corrected chi connectivity index (χ1v) is 4.72. The van der Waals surface area contributed by atoms with Crippen LogP contribution < -0.4 is 0 Å². The SMILES string of the molecule is Br[B]Br.CSC. The van der Waals surface area contributed by atoms with Crippen molar-refractivity contribution < 1.29 is 0 Å². The third-order valence-electron chi connectivity index (χ3n) is 0. The molecule has 0 aliphatic heterocycles. The molecule has 0 atom stereocenters. The van der Waals surface area contributed by atoms with Crippen molar-refractivity contribution in [3.63, 3.8) is 0 Å². The second-order valence-corrected chi connectivity index (χ2v) is 3.45. The van der Waals surface area contributed by atoms with Crippen molar-refractivity contribution >= 4 is 48.2 Å². The molecule has 0 N–H and O–H groups in total. The number of rotatable bonds is 0. The van der Waals surface area contributed by atoms with Gasteiger partial charge in [-0.1, -0.05) is 0 Å². The van der Waals surface area contributed by atoms with Crippen molar-refractivity contribution in [3.8, 4) is 0 Å². The van der Waals surface area contributed by atoms with E-state index in [-0.39, 0.29) is 0 Å². The zero-order valence-electron chi connectivity index (χ0n) is 3.74. The van der Waals surface area contributed by atoms with Gasteiger partial charge in [0.1, 0.15) is 0 Å². The maximum Gasteiger partial charge on any atom is 0.294 e. The predicted octanol–water partition coefficient (Wildman–Crippen LogP) is 2.29. The van der Waals surface area contributed by atoms with Gasteiger partial charge in [-0.2, -0.15) is 11.8 Å². The summed E-state index contributed by atoms with van der Waals surface area (Å²) in [5.41, 5.74) is 0. The third-order valence-corrected chi connectivity index (χ3v) is 0. The topological polar surface area (TPSA) is 0 Å². The van der Waals surface area contributed by atoms with Crippen LogP contribution >= 0.6 is 43.3 Å². The van der Waals surface area contributed by atoms with Gasteiger partial charge in [-0.15, -0.1) is 31.5 Å². The Balaban J connectivity index is 0. The van der Waals surface area contributed by atoms with Crippen LogP contribution in [0.4, 0.5) is 0 Å². The lowest BCUT2D eigenvalue weighted by Crippen LogP contribution is -1.31. The second-order valence-electron chi connectivity index (χ2n) is 0.491. The highest BCUT2D eigenvalue weighted by Gasteiger charge is 1.51. The van der Waals surface area contributed by atoms with E-state index in [1.165, 1.54) is 0 Å². The average molecular weight is 233 g/mol. The molecule has 0 nitrogen and oxygen atoms in total. The molecule has 0 amide bonds. The number of halogens is 2. The van der Waals surface area contributed by atoms with E-state index in [4.69, 9.17) is 0 Å². The highest BCUT2D eigenvalue weighted by atomic mass is 79.9. The molecule has 37 valence electrons. The van der Waals surface area contributed by atoms with Crippen LogP contribution in [0.5, 0.6) is 0 Å². The van der Waals surface area contributed by atoms with Gasteiger partial charge in [0.05, 0.1) is 0 Å². The molecule has 0 bridgehead atoms. The van der Waals surface area contributed by atoms with E-state index in [1.807, 2.05) is 12.5 Å². The summed E-state index contributed by atoms with van der Waals surface area (Å²) in [4.78, 5) is 1.62. The van der Waals surface area contributed by atoms with Crippen LogP contribution in [0.2, 0.25) is 0 Å². The zero-order valence-corrected chi connectivity index (χ0v) is 7.73. The predicted molar refractivity (Wildman–Crippen MR) is 43.0 cm³/mol. The summed E-state index contributed by atoms with van der Waals surface area (Å²) >= 11 is 7.62. The summed E-state index contributed by atoms with van der Waals surface area (Å²) in [6, 6.07) is 0. The van der Waals surface area contributed by atoms with Crippen molar-refractivity contribution in [2.24, 2.45) is 0 Å². The van der Waals surface area contributed by atoms with E-state index in [0.717, 1.165) is 0 Å². The Bertz CT molecular complexity index is 13.5. The maximum atomic E-state index is 2.94. The summed E-state index contributed by atoms with van der Waals surface area (Å²) < 4.78 is 0. The number of hydrogen-bond donors (Lipinski definition) is 0. The van der Waals surface area contributed by atoms with Gasteiger partial charge in [0.25, 0.3) is 4.93 Å². The molecular formula is C2H6BBr2S. The molecule has 0 rings (SSSR count). The first-order chi connectivity index (χ1) is 2.83. The van der Waals surface area contributed by atoms with E-state index in [0.29, 0.717) is 0 Å². The fraction of sp³-hybridized carbons (Fsp3) is 1.00. The Morgan fingerprint density at radius 3 is 1.33 bits per heavy atom. The minimum Gasteiger partial charge on any atom is -0.169 e. The Kier molecular flexibility index (Phi) is 28.0. The normalized spacial score (nSPS) is 5.33. The van der Waals surface area contributed by atoms with Gasteiger partial charge >= 0.3 is 0 Å². The van der Waals surface area contributed by atoms with Gasteiger partial charge in [-0.05, 0) is 12.5 Å². The zero-order chi connectivity index (χ0) is 5.41. The molecule has 0 unspecified atom stereocenters. The largest absolute Gasteiger partial charge is 0.294 e. The van der Waals surface area contributed by atoms with Gasteiger partial charge in [0.2, 0.25) is 0 Å². The first-order valence-electron chi connectivity index (χ1n) is 1.25. The Labute approximate surface area is 60.6 Å². The third kappa shape index (κ3) is 54.4. The van der Waals surface area contributed by atoms with Gasteiger partial charge in [-0.25, -0.2) is 0 Å². The summed E-state index contributed by atoms with van der Waals surface area (Å²) in [5.74, 6) is 0. The number of hydrogen-bond acceptors (Lipinski definition) is 1. The standard InChI is InChI=1S/C2H6S.BBr2/c1-3-2;2-1-3/h1-2H3;. The molecule has 0 saturated carbocycles. The highest BCUT2D eigenvalue weighted by Crippen LogP contribution is 1.77. The van der Waals surface area contributed by atoms with Crippen LogP contribution in [0.15, 0.2) is 0 Å². The quantitative estimate of drug-likeness (QED) is 0.578. The fourth-order valence-corrected chi connectivity index (χ4v) is 0. The van der Waals surface area contributed by atoms with Crippen molar-refractivity contribution in [3.05, 3.63) is 0 Å². The summed E-state index contributed by atoms with van der Waals surface area (Å²) in [6.45, 7) is 0. The minimum absolute atomic E-state index is 1.62. The molecule has 4 heteroatoms. The van der Waals surface area contributed by atoms with Gasteiger partial charge in [0, 0.05) is 0 Å². The number of thioether (sulfide) groups is 1. The van der Waals surface area contributed by atoms with E-state index in [9.17, 15) is 0 Å². The smallest absolute Gasteiger partial charge is 0.169 e. The molecule has 0 aromatic rings. The summed E-state index contributed by atoms with van der Waals surface area (Å²) in [6.07, 6.45) is 4.08. The first kappa shape index (κ1) is 10.4. The van der Waals surface area contributed by atoms with Crippen LogP contribution in [0, 0.1) is 0 Å². The maximum absolute atomic E-state index is 2.94. The lowest BCUT2D eigenvalue weighted by Gasteiger charge is -1.51. The Morgan fingerprint density at radius 1 is 1.33 bits per heavy atom. The van der Waals surface area contributed by atoms with Crippen LogP contribution in [-0.4, -0.2) is 17.4 Å². The molecule has 1 radical (unpaired) electrons. The van der Waals surface area contributed by atoms with E-state index < -0.39 is 0 Å². The van der Waals surface area contributed by atoms with E-state index in [1.54, 1.807) is 16.7 Å². The van der Waals surface area contributed by atoms with Gasteiger partial charge in [0.15, 0.2) is 0 Å². The lowest BCUT2D eigenvalue weighted by molar-refractivity contribution is 2.37. The fourth-order valence-electron chi connectivity index (χ4n) is 0. The molecule has 0 saturated heterocycles. The molecule has 0 spiro atoms. The monoisotopic (exact) mass is 231 g/mol. The van der Waals surface area contributed by atoms with Crippen molar-refractivity contribution in [1.29, 1.82) is 0 Å². The molecule has 0 aliphatic carbocycles. The van der Waals surface area contributed by atoms with Crippen molar-refractivity contribution in [1.82, 2.24) is 0 Å². The molecule has 0 aliphatic rings. The lowest BCUT2D eigenvalue weighted by atomic mass is 10.8.